The molecular formula is C19H30O4. The van der Waals surface area contributed by atoms with Crippen LogP contribution in [0.4, 0.5) is 0 Å². The summed E-state index contributed by atoms with van der Waals surface area (Å²) in [5.41, 5.74) is 0.0853. The second-order valence-electron chi connectivity index (χ2n) is 8.91. The molecule has 3 saturated carbocycles. The first kappa shape index (κ1) is 16.8. The molecule has 0 saturated heterocycles. The summed E-state index contributed by atoms with van der Waals surface area (Å²) in [7, 11) is 0. The van der Waals surface area contributed by atoms with E-state index >= 15 is 0 Å². The van der Waals surface area contributed by atoms with Crippen LogP contribution in [-0.2, 0) is 9.59 Å². The average molecular weight is 322 g/mol. The van der Waals surface area contributed by atoms with Crippen molar-refractivity contribution in [3.8, 4) is 0 Å². The monoisotopic (exact) mass is 322 g/mol. The minimum atomic E-state index is -0.786. The molecule has 4 nitrogen and oxygen atoms in total. The summed E-state index contributed by atoms with van der Waals surface area (Å²) in [6, 6.07) is 0. The van der Waals surface area contributed by atoms with Gasteiger partial charge in [0.15, 0.2) is 0 Å². The molecule has 0 bridgehead atoms. The van der Waals surface area contributed by atoms with Gasteiger partial charge in [-0.25, -0.2) is 0 Å². The molecule has 130 valence electrons. The van der Waals surface area contributed by atoms with Gasteiger partial charge in [0, 0.05) is 6.42 Å². The van der Waals surface area contributed by atoms with Crippen molar-refractivity contribution < 1.29 is 19.8 Å². The zero-order valence-corrected chi connectivity index (χ0v) is 14.4. The Bertz CT molecular complexity index is 502. The Balaban J connectivity index is 1.90. The van der Waals surface area contributed by atoms with Gasteiger partial charge in [-0.05, 0) is 73.0 Å². The largest absolute Gasteiger partial charge is 0.481 e. The standard InChI is InChI=1S/C19H30O4/c1-18-8-3-4-14(18)13-6-5-12(10-16(20)21)19(2,11-17(22)23)15(13)7-9-18/h12-15H,3-11H2,1-2H3,(H,20,21)(H,22,23). The maximum Gasteiger partial charge on any atom is 0.303 e. The molecule has 0 aromatic rings. The fraction of sp³-hybridized carbons (Fsp3) is 0.895. The SMILES string of the molecule is CC12CCCC1C1CCC(CC(=O)O)C(C)(CC(=O)O)C1CC2. The molecule has 3 fully saturated rings. The Morgan fingerprint density at radius 2 is 1.70 bits per heavy atom. The third-order valence-corrected chi connectivity index (χ3v) is 7.80. The van der Waals surface area contributed by atoms with E-state index in [1.165, 1.54) is 25.7 Å². The summed E-state index contributed by atoms with van der Waals surface area (Å²) in [5.74, 6) is 0.150. The number of carbonyl (C=O) groups is 2. The van der Waals surface area contributed by atoms with E-state index in [9.17, 15) is 19.8 Å². The summed E-state index contributed by atoms with van der Waals surface area (Å²) in [5, 5.41) is 18.7. The van der Waals surface area contributed by atoms with Gasteiger partial charge < -0.3 is 10.2 Å². The number of aliphatic carboxylic acids is 2. The van der Waals surface area contributed by atoms with Gasteiger partial charge in [0.05, 0.1) is 6.42 Å². The summed E-state index contributed by atoms with van der Waals surface area (Å²) < 4.78 is 0. The molecule has 23 heavy (non-hydrogen) atoms. The van der Waals surface area contributed by atoms with Crippen LogP contribution in [0.15, 0.2) is 0 Å². The minimum absolute atomic E-state index is 0.00288. The first-order chi connectivity index (χ1) is 10.8. The third kappa shape index (κ3) is 2.78. The van der Waals surface area contributed by atoms with Crippen LogP contribution >= 0.6 is 0 Å². The number of carboxylic acids is 2. The highest BCUT2D eigenvalue weighted by molar-refractivity contribution is 5.69. The molecule has 0 aromatic heterocycles. The molecule has 3 rings (SSSR count). The van der Waals surface area contributed by atoms with Crippen molar-refractivity contribution in [3.63, 3.8) is 0 Å². The Labute approximate surface area is 138 Å². The van der Waals surface area contributed by atoms with E-state index in [1.807, 2.05) is 0 Å². The van der Waals surface area contributed by atoms with Gasteiger partial charge in [-0.3, -0.25) is 9.59 Å². The highest BCUT2D eigenvalue weighted by Crippen LogP contribution is 2.64. The van der Waals surface area contributed by atoms with Crippen LogP contribution in [0.1, 0.15) is 71.6 Å². The van der Waals surface area contributed by atoms with Crippen molar-refractivity contribution in [1.29, 1.82) is 0 Å². The van der Waals surface area contributed by atoms with Gasteiger partial charge in [-0.2, -0.15) is 0 Å². The van der Waals surface area contributed by atoms with Crippen LogP contribution in [-0.4, -0.2) is 22.2 Å². The molecule has 0 spiro atoms. The lowest BCUT2D eigenvalue weighted by molar-refractivity contribution is -0.154. The van der Waals surface area contributed by atoms with Crippen LogP contribution in [0, 0.1) is 34.5 Å². The highest BCUT2D eigenvalue weighted by Gasteiger charge is 2.57. The smallest absolute Gasteiger partial charge is 0.303 e. The summed E-state index contributed by atoms with van der Waals surface area (Å²) in [4.78, 5) is 22.8. The van der Waals surface area contributed by atoms with Crippen molar-refractivity contribution in [2.24, 2.45) is 34.5 Å². The van der Waals surface area contributed by atoms with E-state index in [2.05, 4.69) is 13.8 Å². The Kier molecular flexibility index (Phi) is 4.22. The van der Waals surface area contributed by atoms with Crippen LogP contribution in [0.5, 0.6) is 0 Å². The molecule has 0 heterocycles. The van der Waals surface area contributed by atoms with Crippen molar-refractivity contribution in [2.45, 2.75) is 71.6 Å². The second-order valence-corrected chi connectivity index (χ2v) is 8.91. The molecular weight excluding hydrogens is 292 g/mol. The van der Waals surface area contributed by atoms with Crippen LogP contribution < -0.4 is 0 Å². The van der Waals surface area contributed by atoms with Crippen LogP contribution in [0.25, 0.3) is 0 Å². The average Bonchev–Trinajstić information content (AvgIpc) is 2.82. The number of rotatable bonds is 4. The highest BCUT2D eigenvalue weighted by atomic mass is 16.4. The minimum Gasteiger partial charge on any atom is -0.481 e. The summed E-state index contributed by atoms with van der Waals surface area (Å²) >= 11 is 0. The predicted molar refractivity (Wildman–Crippen MR) is 87.0 cm³/mol. The van der Waals surface area contributed by atoms with Crippen LogP contribution in [0.2, 0.25) is 0 Å². The van der Waals surface area contributed by atoms with Crippen molar-refractivity contribution >= 4 is 11.9 Å². The van der Waals surface area contributed by atoms with Crippen molar-refractivity contribution in [3.05, 3.63) is 0 Å². The van der Waals surface area contributed by atoms with E-state index < -0.39 is 11.9 Å². The lowest BCUT2D eigenvalue weighted by Crippen LogP contribution is -2.52. The van der Waals surface area contributed by atoms with Gasteiger partial charge in [0.25, 0.3) is 0 Å². The Morgan fingerprint density at radius 3 is 2.35 bits per heavy atom. The van der Waals surface area contributed by atoms with E-state index in [4.69, 9.17) is 0 Å². The first-order valence-electron chi connectivity index (χ1n) is 9.20. The molecule has 3 aliphatic carbocycles. The number of fused-ring (bicyclic) bond motifs is 3. The van der Waals surface area contributed by atoms with Crippen molar-refractivity contribution in [1.82, 2.24) is 0 Å². The second kappa shape index (κ2) is 5.78. The lowest BCUT2D eigenvalue weighted by atomic mass is 9.47. The van der Waals surface area contributed by atoms with Crippen LogP contribution in [0.3, 0.4) is 0 Å². The normalized spacial score (nSPS) is 46.0. The maximum atomic E-state index is 11.5. The molecule has 4 heteroatoms. The summed E-state index contributed by atoms with van der Waals surface area (Å²) in [6.07, 6.45) is 8.38. The molecule has 3 aliphatic rings. The molecule has 6 atom stereocenters. The fourth-order valence-corrected chi connectivity index (χ4v) is 6.68. The van der Waals surface area contributed by atoms with E-state index in [1.54, 1.807) is 0 Å². The number of hydrogen-bond donors (Lipinski definition) is 2. The van der Waals surface area contributed by atoms with Gasteiger partial charge in [-0.1, -0.05) is 20.3 Å². The topological polar surface area (TPSA) is 74.6 Å². The molecule has 0 aliphatic heterocycles. The van der Waals surface area contributed by atoms with E-state index in [0.717, 1.165) is 25.2 Å². The van der Waals surface area contributed by atoms with Crippen molar-refractivity contribution in [2.75, 3.05) is 0 Å². The fourth-order valence-electron chi connectivity index (χ4n) is 6.68. The van der Waals surface area contributed by atoms with Gasteiger partial charge in [0.2, 0.25) is 0 Å². The van der Waals surface area contributed by atoms with Gasteiger partial charge in [-0.15, -0.1) is 0 Å². The van der Waals surface area contributed by atoms with E-state index in [-0.39, 0.29) is 24.2 Å². The first-order valence-corrected chi connectivity index (χ1v) is 9.20. The quantitative estimate of drug-likeness (QED) is 0.814. The predicted octanol–water partition coefficient (Wildman–Crippen LogP) is 4.18. The van der Waals surface area contributed by atoms with Gasteiger partial charge in [0.1, 0.15) is 0 Å². The Morgan fingerprint density at radius 1 is 0.957 bits per heavy atom. The summed E-state index contributed by atoms with van der Waals surface area (Å²) in [6.45, 7) is 4.50. The number of carboxylic acid groups (broad SMARTS) is 2. The lowest BCUT2D eigenvalue weighted by Gasteiger charge is -2.58. The number of hydrogen-bond acceptors (Lipinski definition) is 2. The third-order valence-electron chi connectivity index (χ3n) is 7.80. The Hall–Kier alpha value is -1.06. The molecule has 0 aromatic carbocycles. The zero-order chi connectivity index (χ0) is 16.8. The van der Waals surface area contributed by atoms with Gasteiger partial charge >= 0.3 is 11.9 Å². The molecule has 6 unspecified atom stereocenters. The zero-order valence-electron chi connectivity index (χ0n) is 14.4. The molecule has 0 radical (unpaired) electrons. The van der Waals surface area contributed by atoms with E-state index in [0.29, 0.717) is 17.3 Å². The molecule has 0 amide bonds. The molecule has 2 N–H and O–H groups in total. The maximum absolute atomic E-state index is 11.5.